The summed E-state index contributed by atoms with van der Waals surface area (Å²) in [5.41, 5.74) is -0.423. The molecule has 2 atom stereocenters. The van der Waals surface area contributed by atoms with E-state index in [0.717, 1.165) is 5.56 Å². The second-order valence-corrected chi connectivity index (χ2v) is 7.97. The summed E-state index contributed by atoms with van der Waals surface area (Å²) in [6.45, 7) is 3.27. The second kappa shape index (κ2) is 8.29. The van der Waals surface area contributed by atoms with Gasteiger partial charge in [-0.15, -0.1) is 0 Å². The van der Waals surface area contributed by atoms with Crippen molar-refractivity contribution in [1.29, 1.82) is 0 Å². The summed E-state index contributed by atoms with van der Waals surface area (Å²) in [6.07, 6.45) is 3.60. The van der Waals surface area contributed by atoms with Gasteiger partial charge in [-0.1, -0.05) is 67.6 Å². The molecule has 0 bridgehead atoms. The predicted molar refractivity (Wildman–Crippen MR) is 102 cm³/mol. The number of benzene rings is 2. The summed E-state index contributed by atoms with van der Waals surface area (Å²) >= 11 is 0. The molecule has 0 amide bonds. The first-order valence-corrected chi connectivity index (χ1v) is 9.82. The quantitative estimate of drug-likeness (QED) is 0.741. The first-order chi connectivity index (χ1) is 12.3. The van der Waals surface area contributed by atoms with E-state index in [9.17, 15) is 18.3 Å². The Labute approximate surface area is 154 Å². The molecule has 0 heterocycles. The molecule has 0 radical (unpaired) electrons. The van der Waals surface area contributed by atoms with Gasteiger partial charge in [-0.3, -0.25) is 4.79 Å². The molecule has 2 rings (SSSR count). The van der Waals surface area contributed by atoms with Crippen molar-refractivity contribution in [3.05, 3.63) is 72.3 Å². The van der Waals surface area contributed by atoms with Crippen LogP contribution in [0, 0.1) is 5.41 Å². The van der Waals surface area contributed by atoms with Crippen LogP contribution in [-0.4, -0.2) is 25.5 Å². The number of carboxylic acids is 1. The van der Waals surface area contributed by atoms with Crippen molar-refractivity contribution in [3.63, 3.8) is 0 Å². The number of carbonyl (C=O) groups is 1. The van der Waals surface area contributed by atoms with E-state index in [2.05, 4.69) is 4.72 Å². The zero-order valence-electron chi connectivity index (χ0n) is 14.8. The van der Waals surface area contributed by atoms with Crippen LogP contribution >= 0.6 is 0 Å². The molecule has 0 spiro atoms. The minimum absolute atomic E-state index is 0.0990. The van der Waals surface area contributed by atoms with E-state index in [4.69, 9.17) is 0 Å². The van der Waals surface area contributed by atoms with Gasteiger partial charge in [0, 0.05) is 0 Å². The van der Waals surface area contributed by atoms with Gasteiger partial charge in [-0.2, -0.15) is 0 Å². The zero-order valence-corrected chi connectivity index (χ0v) is 15.6. The van der Waals surface area contributed by atoms with Crippen molar-refractivity contribution in [1.82, 2.24) is 4.72 Å². The smallest absolute Gasteiger partial charge is 0.311 e. The largest absolute Gasteiger partial charge is 0.481 e. The van der Waals surface area contributed by atoms with Crippen LogP contribution in [-0.2, 0) is 14.8 Å². The molecule has 26 heavy (non-hydrogen) atoms. The van der Waals surface area contributed by atoms with Gasteiger partial charge < -0.3 is 5.11 Å². The first-order valence-electron chi connectivity index (χ1n) is 8.33. The highest BCUT2D eigenvalue weighted by Gasteiger charge is 2.40. The van der Waals surface area contributed by atoms with Crippen LogP contribution in [0.1, 0.15) is 25.8 Å². The fourth-order valence-electron chi connectivity index (χ4n) is 2.49. The van der Waals surface area contributed by atoms with Crippen LogP contribution in [0.4, 0.5) is 0 Å². The lowest BCUT2D eigenvalue weighted by atomic mass is 9.80. The molecule has 2 aromatic rings. The van der Waals surface area contributed by atoms with Crippen LogP contribution in [0.3, 0.4) is 0 Å². The van der Waals surface area contributed by atoms with Crippen LogP contribution < -0.4 is 4.72 Å². The van der Waals surface area contributed by atoms with Gasteiger partial charge in [0.15, 0.2) is 0 Å². The van der Waals surface area contributed by atoms with Gasteiger partial charge in [0.05, 0.1) is 16.4 Å². The average molecular weight is 373 g/mol. The molecule has 0 fully saturated rings. The molecule has 138 valence electrons. The SMILES string of the molecule is CC[C@@](C)(C(=O)O)[C@H](/C=C/c1ccccc1)NS(=O)(=O)c1ccccc1. The molecule has 0 aliphatic heterocycles. The average Bonchev–Trinajstić information content (AvgIpc) is 2.65. The molecule has 0 saturated heterocycles. The standard InChI is InChI=1S/C20H23NO4S/c1-3-20(2,19(22)23)18(15-14-16-10-6-4-7-11-16)21-26(24,25)17-12-8-5-9-13-17/h4-15,18,21H,3H2,1-2H3,(H,22,23)/b15-14+/t18-,20+/m0/s1. The van der Waals surface area contributed by atoms with Gasteiger partial charge >= 0.3 is 5.97 Å². The molecule has 0 aromatic heterocycles. The minimum atomic E-state index is -3.86. The number of hydrogen-bond acceptors (Lipinski definition) is 3. The summed E-state index contributed by atoms with van der Waals surface area (Å²) in [6, 6.07) is 16.3. The van der Waals surface area contributed by atoms with Crippen molar-refractivity contribution < 1.29 is 18.3 Å². The zero-order chi connectivity index (χ0) is 19.2. The number of rotatable bonds is 8. The van der Waals surface area contributed by atoms with Gasteiger partial charge in [-0.25, -0.2) is 13.1 Å². The number of aliphatic carboxylic acids is 1. The molecular weight excluding hydrogens is 350 g/mol. The summed E-state index contributed by atoms with van der Waals surface area (Å²) in [4.78, 5) is 12.0. The Bertz CT molecular complexity index is 863. The van der Waals surface area contributed by atoms with Crippen molar-refractivity contribution in [3.8, 4) is 0 Å². The third-order valence-corrected chi connectivity index (χ3v) is 5.98. The van der Waals surface area contributed by atoms with Crippen LogP contribution in [0.15, 0.2) is 71.6 Å². The lowest BCUT2D eigenvalue weighted by Crippen LogP contribution is -2.49. The Hall–Kier alpha value is -2.44. The van der Waals surface area contributed by atoms with Crippen LogP contribution in [0.25, 0.3) is 6.08 Å². The van der Waals surface area contributed by atoms with E-state index in [1.807, 2.05) is 30.3 Å². The normalized spacial score (nSPS) is 15.5. The molecule has 2 aromatic carbocycles. The highest BCUT2D eigenvalue weighted by atomic mass is 32.2. The lowest BCUT2D eigenvalue weighted by molar-refractivity contribution is -0.148. The number of nitrogens with one attached hydrogen (secondary N) is 1. The van der Waals surface area contributed by atoms with Crippen molar-refractivity contribution in [2.24, 2.45) is 5.41 Å². The maximum atomic E-state index is 12.7. The Morgan fingerprint density at radius 2 is 1.65 bits per heavy atom. The summed E-state index contributed by atoms with van der Waals surface area (Å²) in [7, 11) is -3.86. The number of sulfonamides is 1. The number of carboxylic acid groups (broad SMARTS) is 1. The predicted octanol–water partition coefficient (Wildman–Crippen LogP) is 3.55. The Morgan fingerprint density at radius 1 is 1.12 bits per heavy atom. The van der Waals surface area contributed by atoms with E-state index in [1.165, 1.54) is 12.1 Å². The maximum Gasteiger partial charge on any atom is 0.311 e. The van der Waals surface area contributed by atoms with Gasteiger partial charge in [0.25, 0.3) is 0 Å². The van der Waals surface area contributed by atoms with Gasteiger partial charge in [-0.05, 0) is 31.0 Å². The fraction of sp³-hybridized carbons (Fsp3) is 0.250. The Balaban J connectivity index is 2.41. The summed E-state index contributed by atoms with van der Waals surface area (Å²) < 4.78 is 28.0. The van der Waals surface area contributed by atoms with E-state index >= 15 is 0 Å². The molecule has 0 aliphatic rings. The Morgan fingerprint density at radius 3 is 2.15 bits per heavy atom. The van der Waals surface area contributed by atoms with E-state index in [0.29, 0.717) is 0 Å². The van der Waals surface area contributed by atoms with Gasteiger partial charge in [0.2, 0.25) is 10.0 Å². The Kier molecular flexibility index (Phi) is 6.34. The molecule has 6 heteroatoms. The van der Waals surface area contributed by atoms with Gasteiger partial charge in [0.1, 0.15) is 0 Å². The molecule has 5 nitrogen and oxygen atoms in total. The molecule has 0 aliphatic carbocycles. The lowest BCUT2D eigenvalue weighted by Gasteiger charge is -2.31. The highest BCUT2D eigenvalue weighted by molar-refractivity contribution is 7.89. The molecule has 0 saturated carbocycles. The summed E-state index contributed by atoms with van der Waals surface area (Å²) in [5.74, 6) is -1.06. The van der Waals surface area contributed by atoms with E-state index in [-0.39, 0.29) is 11.3 Å². The molecular formula is C20H23NO4S. The maximum absolute atomic E-state index is 12.7. The van der Waals surface area contributed by atoms with Crippen LogP contribution in [0.5, 0.6) is 0 Å². The third-order valence-electron chi connectivity index (χ3n) is 4.53. The van der Waals surface area contributed by atoms with E-state index in [1.54, 1.807) is 44.2 Å². The van der Waals surface area contributed by atoms with Crippen molar-refractivity contribution >= 4 is 22.1 Å². The molecule has 2 N–H and O–H groups in total. The summed E-state index contributed by atoms with van der Waals surface area (Å²) in [5, 5.41) is 9.70. The minimum Gasteiger partial charge on any atom is -0.481 e. The second-order valence-electron chi connectivity index (χ2n) is 6.26. The van der Waals surface area contributed by atoms with Crippen LogP contribution in [0.2, 0.25) is 0 Å². The third kappa shape index (κ3) is 4.59. The van der Waals surface area contributed by atoms with Crippen molar-refractivity contribution in [2.75, 3.05) is 0 Å². The van der Waals surface area contributed by atoms with E-state index < -0.39 is 27.4 Å². The number of hydrogen-bond donors (Lipinski definition) is 2. The molecule has 0 unspecified atom stereocenters. The highest BCUT2D eigenvalue weighted by Crippen LogP contribution is 2.29. The fourth-order valence-corrected chi connectivity index (χ4v) is 3.82. The van der Waals surface area contributed by atoms with Crippen molar-refractivity contribution in [2.45, 2.75) is 31.2 Å². The monoisotopic (exact) mass is 373 g/mol. The first kappa shape index (κ1) is 19.9. The topological polar surface area (TPSA) is 83.5 Å².